The summed E-state index contributed by atoms with van der Waals surface area (Å²) < 4.78 is 19.1. The molecule has 0 aliphatic rings. The first-order chi connectivity index (χ1) is 9.51. The molecule has 4 nitrogen and oxygen atoms in total. The van der Waals surface area contributed by atoms with Gasteiger partial charge in [0.1, 0.15) is 23.1 Å². The number of hydrogen-bond donors (Lipinski definition) is 1. The first-order valence-corrected chi connectivity index (χ1v) is 6.90. The molecule has 0 aliphatic carbocycles. The quantitative estimate of drug-likeness (QED) is 0.919. The lowest BCUT2D eigenvalue weighted by Gasteiger charge is -2.11. The lowest BCUT2D eigenvalue weighted by Crippen LogP contribution is -2.03. The van der Waals surface area contributed by atoms with Gasteiger partial charge in [-0.3, -0.25) is 0 Å². The predicted molar refractivity (Wildman–Crippen MR) is 76.2 cm³/mol. The summed E-state index contributed by atoms with van der Waals surface area (Å²) in [5.74, 6) is 1.23. The maximum Gasteiger partial charge on any atom is 0.169 e. The predicted octanol–water partition coefficient (Wildman–Crippen LogP) is 3.79. The highest BCUT2D eigenvalue weighted by atomic mass is 79.9. The molecule has 0 saturated heterocycles. The van der Waals surface area contributed by atoms with E-state index >= 15 is 0 Å². The Morgan fingerprint density at radius 3 is 2.75 bits per heavy atom. The van der Waals surface area contributed by atoms with Crippen LogP contribution in [0.3, 0.4) is 0 Å². The van der Waals surface area contributed by atoms with Crippen LogP contribution in [0, 0.1) is 5.82 Å². The number of rotatable bonds is 4. The highest BCUT2D eigenvalue weighted by Crippen LogP contribution is 2.28. The van der Waals surface area contributed by atoms with Crippen LogP contribution in [-0.2, 0) is 6.61 Å². The van der Waals surface area contributed by atoms with Crippen molar-refractivity contribution in [3.63, 3.8) is 0 Å². The monoisotopic (exact) mass is 340 g/mol. The van der Waals surface area contributed by atoms with Crippen molar-refractivity contribution in [1.82, 2.24) is 9.97 Å². The summed E-state index contributed by atoms with van der Waals surface area (Å²) in [7, 11) is 0. The zero-order valence-electron chi connectivity index (χ0n) is 11.1. The lowest BCUT2D eigenvalue weighted by atomic mass is 10.2. The number of hydrogen-bond acceptors (Lipinski definition) is 4. The van der Waals surface area contributed by atoms with Crippen LogP contribution in [0.4, 0.5) is 4.39 Å². The maximum absolute atomic E-state index is 13.2. The van der Waals surface area contributed by atoms with E-state index in [1.54, 1.807) is 0 Å². The highest BCUT2D eigenvalue weighted by molar-refractivity contribution is 9.10. The molecule has 2 rings (SSSR count). The summed E-state index contributed by atoms with van der Waals surface area (Å²) in [5.41, 5.74) is 0.407. The molecule has 106 valence electrons. The fraction of sp³-hybridized carbons (Fsp3) is 0.286. The van der Waals surface area contributed by atoms with Gasteiger partial charge in [0, 0.05) is 5.92 Å². The van der Waals surface area contributed by atoms with E-state index in [0.29, 0.717) is 27.5 Å². The molecule has 0 fully saturated rings. The molecule has 2 aromatic rings. The largest absolute Gasteiger partial charge is 0.454 e. The molecule has 20 heavy (non-hydrogen) atoms. The molecule has 0 saturated carbocycles. The van der Waals surface area contributed by atoms with E-state index in [1.807, 2.05) is 13.8 Å². The Morgan fingerprint density at radius 1 is 1.40 bits per heavy atom. The van der Waals surface area contributed by atoms with Gasteiger partial charge in [-0.1, -0.05) is 13.8 Å². The van der Waals surface area contributed by atoms with Crippen LogP contribution in [-0.4, -0.2) is 15.1 Å². The van der Waals surface area contributed by atoms with Gasteiger partial charge in [0.15, 0.2) is 5.75 Å². The van der Waals surface area contributed by atoms with Gasteiger partial charge in [0.2, 0.25) is 0 Å². The van der Waals surface area contributed by atoms with Gasteiger partial charge < -0.3 is 9.84 Å². The zero-order valence-corrected chi connectivity index (χ0v) is 12.7. The van der Waals surface area contributed by atoms with Crippen LogP contribution in [0.5, 0.6) is 11.5 Å². The van der Waals surface area contributed by atoms with Crippen molar-refractivity contribution >= 4 is 15.9 Å². The minimum Gasteiger partial charge on any atom is -0.454 e. The van der Waals surface area contributed by atoms with Crippen molar-refractivity contribution in [2.45, 2.75) is 26.4 Å². The molecule has 0 amide bonds. The van der Waals surface area contributed by atoms with Crippen LogP contribution in [0.15, 0.2) is 28.9 Å². The molecule has 1 aromatic heterocycles. The van der Waals surface area contributed by atoms with Crippen LogP contribution in [0.2, 0.25) is 0 Å². The molecular formula is C14H14BrFN2O2. The topological polar surface area (TPSA) is 55.2 Å². The van der Waals surface area contributed by atoms with Crippen LogP contribution < -0.4 is 4.74 Å². The normalized spacial score (nSPS) is 10.9. The smallest absolute Gasteiger partial charge is 0.169 e. The van der Waals surface area contributed by atoms with E-state index in [2.05, 4.69) is 25.9 Å². The van der Waals surface area contributed by atoms with E-state index in [4.69, 9.17) is 4.74 Å². The number of nitrogens with zero attached hydrogens (tertiary/aromatic N) is 2. The van der Waals surface area contributed by atoms with Crippen molar-refractivity contribution in [3.05, 3.63) is 46.2 Å². The standard InChI is InChI=1S/C14H14BrFN2O2/c1-8(2)14-17-6-13(12(7-19)18-14)20-9-3-4-11(16)10(15)5-9/h3-6,8,19H,7H2,1-2H3. The Bertz CT molecular complexity index is 620. The molecule has 6 heteroatoms. The first-order valence-electron chi connectivity index (χ1n) is 6.11. The van der Waals surface area contributed by atoms with E-state index in [0.717, 1.165) is 0 Å². The number of aliphatic hydroxyl groups excluding tert-OH is 1. The Labute approximate surface area is 124 Å². The number of benzene rings is 1. The Kier molecular flexibility index (Phi) is 4.67. The van der Waals surface area contributed by atoms with E-state index in [-0.39, 0.29) is 18.3 Å². The summed E-state index contributed by atoms with van der Waals surface area (Å²) in [6.45, 7) is 3.68. The second-order valence-electron chi connectivity index (χ2n) is 4.53. The van der Waals surface area contributed by atoms with Crippen molar-refractivity contribution in [2.24, 2.45) is 0 Å². The third kappa shape index (κ3) is 3.32. The van der Waals surface area contributed by atoms with Crippen molar-refractivity contribution in [3.8, 4) is 11.5 Å². The third-order valence-electron chi connectivity index (χ3n) is 2.63. The zero-order chi connectivity index (χ0) is 14.7. The third-order valence-corrected chi connectivity index (χ3v) is 3.24. The molecule has 0 atom stereocenters. The lowest BCUT2D eigenvalue weighted by molar-refractivity contribution is 0.269. The number of halogens is 2. The van der Waals surface area contributed by atoms with Crippen molar-refractivity contribution in [2.75, 3.05) is 0 Å². The highest BCUT2D eigenvalue weighted by Gasteiger charge is 2.11. The first kappa shape index (κ1) is 14.9. The second kappa shape index (κ2) is 6.28. The molecule has 1 heterocycles. The maximum atomic E-state index is 13.2. The van der Waals surface area contributed by atoms with E-state index in [9.17, 15) is 9.50 Å². The van der Waals surface area contributed by atoms with Crippen LogP contribution in [0.1, 0.15) is 31.3 Å². The van der Waals surface area contributed by atoms with Crippen LogP contribution >= 0.6 is 15.9 Å². The Morgan fingerprint density at radius 2 is 2.15 bits per heavy atom. The summed E-state index contributed by atoms with van der Waals surface area (Å²) in [4.78, 5) is 8.44. The number of aromatic nitrogens is 2. The molecule has 0 unspecified atom stereocenters. The molecule has 1 N–H and O–H groups in total. The Balaban J connectivity index is 2.30. The molecule has 0 radical (unpaired) electrons. The van der Waals surface area contributed by atoms with Crippen molar-refractivity contribution in [1.29, 1.82) is 0 Å². The van der Waals surface area contributed by atoms with E-state index in [1.165, 1.54) is 24.4 Å². The molecule has 0 spiro atoms. The van der Waals surface area contributed by atoms with Gasteiger partial charge in [-0.2, -0.15) is 0 Å². The minimum absolute atomic E-state index is 0.161. The van der Waals surface area contributed by atoms with E-state index < -0.39 is 0 Å². The minimum atomic E-state index is -0.369. The summed E-state index contributed by atoms with van der Waals surface area (Å²) in [5, 5.41) is 9.36. The van der Waals surface area contributed by atoms with Gasteiger partial charge in [0.05, 0.1) is 17.3 Å². The number of ether oxygens (including phenoxy) is 1. The molecule has 0 bridgehead atoms. The van der Waals surface area contributed by atoms with Gasteiger partial charge >= 0.3 is 0 Å². The fourth-order valence-electron chi connectivity index (χ4n) is 1.57. The average molecular weight is 341 g/mol. The summed E-state index contributed by atoms with van der Waals surface area (Å²) >= 11 is 3.09. The Hall–Kier alpha value is -1.53. The van der Waals surface area contributed by atoms with Crippen LogP contribution in [0.25, 0.3) is 0 Å². The van der Waals surface area contributed by atoms with Gasteiger partial charge in [-0.25, -0.2) is 14.4 Å². The second-order valence-corrected chi connectivity index (χ2v) is 5.38. The molecule has 1 aromatic carbocycles. The van der Waals surface area contributed by atoms with Gasteiger partial charge in [-0.15, -0.1) is 0 Å². The fourth-order valence-corrected chi connectivity index (χ4v) is 1.92. The summed E-state index contributed by atoms with van der Waals surface area (Å²) in [6, 6.07) is 4.30. The van der Waals surface area contributed by atoms with Gasteiger partial charge in [-0.05, 0) is 34.1 Å². The average Bonchev–Trinajstić information content (AvgIpc) is 2.43. The summed E-state index contributed by atoms with van der Waals surface area (Å²) in [6.07, 6.45) is 1.52. The number of aliphatic hydroxyl groups is 1. The molecular weight excluding hydrogens is 327 g/mol. The SMILES string of the molecule is CC(C)c1ncc(Oc2ccc(F)c(Br)c2)c(CO)n1. The molecule has 0 aliphatic heterocycles. The van der Waals surface area contributed by atoms with Crippen molar-refractivity contribution < 1.29 is 14.2 Å². The van der Waals surface area contributed by atoms with Gasteiger partial charge in [0.25, 0.3) is 0 Å².